The van der Waals surface area contributed by atoms with Crippen LogP contribution in [0, 0.1) is 6.92 Å². The van der Waals surface area contributed by atoms with Gasteiger partial charge in [0.2, 0.25) is 5.89 Å². The van der Waals surface area contributed by atoms with Gasteiger partial charge in [-0.05, 0) is 26.1 Å². The number of hydrogen-bond acceptors (Lipinski definition) is 8. The summed E-state index contributed by atoms with van der Waals surface area (Å²) in [5, 5.41) is 16.3. The highest BCUT2D eigenvalue weighted by Crippen LogP contribution is 2.22. The van der Waals surface area contributed by atoms with Crippen molar-refractivity contribution in [2.24, 2.45) is 0 Å². The van der Waals surface area contributed by atoms with Gasteiger partial charge < -0.3 is 9.42 Å². The number of aromatic nitrogens is 6. The summed E-state index contributed by atoms with van der Waals surface area (Å²) in [6.07, 6.45) is 1.43. The summed E-state index contributed by atoms with van der Waals surface area (Å²) in [4.78, 5) is 8.49. The Morgan fingerprint density at radius 1 is 1.32 bits per heavy atom. The molecular formula is C13H16N8O. The molecule has 0 radical (unpaired) electrons. The van der Waals surface area contributed by atoms with Crippen LogP contribution in [-0.2, 0) is 6.54 Å². The van der Waals surface area contributed by atoms with Crippen molar-refractivity contribution in [3.8, 4) is 0 Å². The first-order valence-corrected chi connectivity index (χ1v) is 7.10. The van der Waals surface area contributed by atoms with Crippen molar-refractivity contribution in [1.29, 1.82) is 0 Å². The van der Waals surface area contributed by atoms with Gasteiger partial charge in [0, 0.05) is 19.1 Å². The normalized spacial score (nSPS) is 15.7. The lowest BCUT2D eigenvalue weighted by molar-refractivity contribution is 0.174. The van der Waals surface area contributed by atoms with Crippen molar-refractivity contribution < 1.29 is 4.52 Å². The second-order valence-corrected chi connectivity index (χ2v) is 5.52. The van der Waals surface area contributed by atoms with E-state index in [9.17, 15) is 0 Å². The van der Waals surface area contributed by atoms with Gasteiger partial charge in [0.25, 0.3) is 0 Å². The molecule has 3 aromatic rings. The molecule has 1 aliphatic rings. The zero-order chi connectivity index (χ0) is 15.1. The van der Waals surface area contributed by atoms with Crippen LogP contribution < -0.4 is 4.90 Å². The van der Waals surface area contributed by atoms with Gasteiger partial charge in [0.05, 0.1) is 6.54 Å². The van der Waals surface area contributed by atoms with E-state index in [-0.39, 0.29) is 0 Å². The zero-order valence-electron chi connectivity index (χ0n) is 12.4. The molecule has 0 aromatic carbocycles. The molecule has 1 fully saturated rings. The standard InChI is InChI=1S/C13H16N8O/c1-9-16-17-11-3-4-12(18-21(9)11)20-5-10(6-20)19(2)7-13-14-8-15-22-13/h3-4,8,10H,5-7H2,1-2H3. The average Bonchev–Trinajstić information content (AvgIpc) is 3.08. The highest BCUT2D eigenvalue weighted by molar-refractivity contribution is 5.47. The molecule has 0 aliphatic carbocycles. The lowest BCUT2D eigenvalue weighted by Gasteiger charge is -2.44. The largest absolute Gasteiger partial charge is 0.352 e. The van der Waals surface area contributed by atoms with E-state index in [1.807, 2.05) is 19.1 Å². The maximum Gasteiger partial charge on any atom is 0.240 e. The molecule has 0 saturated carbocycles. The van der Waals surface area contributed by atoms with Gasteiger partial charge >= 0.3 is 0 Å². The Morgan fingerprint density at radius 3 is 2.95 bits per heavy atom. The fourth-order valence-corrected chi connectivity index (χ4v) is 2.58. The zero-order valence-corrected chi connectivity index (χ0v) is 12.4. The Balaban J connectivity index is 1.42. The van der Waals surface area contributed by atoms with Gasteiger partial charge in [-0.25, -0.2) is 0 Å². The van der Waals surface area contributed by atoms with Crippen LogP contribution >= 0.6 is 0 Å². The van der Waals surface area contributed by atoms with Crippen LogP contribution in [0.4, 0.5) is 5.82 Å². The van der Waals surface area contributed by atoms with E-state index in [2.05, 4.69) is 42.3 Å². The molecule has 4 rings (SSSR count). The van der Waals surface area contributed by atoms with E-state index >= 15 is 0 Å². The van der Waals surface area contributed by atoms with Crippen LogP contribution in [0.3, 0.4) is 0 Å². The van der Waals surface area contributed by atoms with Crippen LogP contribution in [0.15, 0.2) is 23.0 Å². The SMILES string of the molecule is Cc1nnc2ccc(N3CC(N(C)Cc4ncno4)C3)nn12. The lowest BCUT2D eigenvalue weighted by atomic mass is 10.1. The van der Waals surface area contributed by atoms with Gasteiger partial charge in [-0.3, -0.25) is 4.90 Å². The fraction of sp³-hybridized carbons (Fsp3) is 0.462. The lowest BCUT2D eigenvalue weighted by Crippen LogP contribution is -2.58. The number of rotatable bonds is 4. The van der Waals surface area contributed by atoms with Gasteiger partial charge in [-0.15, -0.1) is 15.3 Å². The molecule has 3 aromatic heterocycles. The molecule has 1 saturated heterocycles. The smallest absolute Gasteiger partial charge is 0.240 e. The van der Waals surface area contributed by atoms with E-state index in [1.165, 1.54) is 6.33 Å². The third kappa shape index (κ3) is 2.19. The molecule has 22 heavy (non-hydrogen) atoms. The highest BCUT2D eigenvalue weighted by Gasteiger charge is 2.31. The quantitative estimate of drug-likeness (QED) is 0.672. The number of anilines is 1. The number of hydrogen-bond donors (Lipinski definition) is 0. The third-order valence-corrected chi connectivity index (χ3v) is 4.01. The Morgan fingerprint density at radius 2 is 2.18 bits per heavy atom. The van der Waals surface area contributed by atoms with E-state index in [1.54, 1.807) is 4.52 Å². The molecular weight excluding hydrogens is 284 g/mol. The van der Waals surface area contributed by atoms with Crippen molar-refractivity contribution in [3.05, 3.63) is 30.2 Å². The van der Waals surface area contributed by atoms with Crippen LogP contribution in [-0.4, -0.2) is 61.0 Å². The number of nitrogens with zero attached hydrogens (tertiary/aromatic N) is 8. The summed E-state index contributed by atoms with van der Waals surface area (Å²) < 4.78 is 6.81. The average molecular weight is 300 g/mol. The van der Waals surface area contributed by atoms with Gasteiger partial charge in [0.1, 0.15) is 5.82 Å². The summed E-state index contributed by atoms with van der Waals surface area (Å²) in [5.41, 5.74) is 0.770. The fourth-order valence-electron chi connectivity index (χ4n) is 2.58. The predicted octanol–water partition coefficient (Wildman–Crippen LogP) is 0.136. The molecule has 0 bridgehead atoms. The van der Waals surface area contributed by atoms with Gasteiger partial charge in [0.15, 0.2) is 17.8 Å². The first-order chi connectivity index (χ1) is 10.7. The summed E-state index contributed by atoms with van der Waals surface area (Å²) in [6, 6.07) is 4.38. The van der Waals surface area contributed by atoms with Crippen LogP contribution in [0.2, 0.25) is 0 Å². The van der Waals surface area contributed by atoms with Crippen molar-refractivity contribution in [1.82, 2.24) is 34.9 Å². The Kier molecular flexibility index (Phi) is 3.00. The number of fused-ring (bicyclic) bond motifs is 1. The van der Waals surface area contributed by atoms with Crippen molar-refractivity contribution in [2.75, 3.05) is 25.0 Å². The molecule has 0 amide bonds. The number of likely N-dealkylation sites (N-methyl/N-ethyl adjacent to an activating group) is 1. The van der Waals surface area contributed by atoms with E-state index < -0.39 is 0 Å². The minimum absolute atomic E-state index is 0.450. The Bertz CT molecular complexity index is 777. The molecule has 114 valence electrons. The van der Waals surface area contributed by atoms with E-state index in [4.69, 9.17) is 4.52 Å². The summed E-state index contributed by atoms with van der Waals surface area (Å²) in [5.74, 6) is 2.38. The maximum atomic E-state index is 5.04. The third-order valence-electron chi connectivity index (χ3n) is 4.01. The van der Waals surface area contributed by atoms with Crippen LogP contribution in [0.1, 0.15) is 11.7 Å². The minimum Gasteiger partial charge on any atom is -0.352 e. The second kappa shape index (κ2) is 5.02. The number of aryl methyl sites for hydroxylation is 1. The van der Waals surface area contributed by atoms with Gasteiger partial charge in [-0.2, -0.15) is 9.50 Å². The topological polar surface area (TPSA) is 88.5 Å². The highest BCUT2D eigenvalue weighted by atomic mass is 16.5. The molecule has 1 aliphatic heterocycles. The molecule has 0 N–H and O–H groups in total. The van der Waals surface area contributed by atoms with E-state index in [0.717, 1.165) is 30.4 Å². The van der Waals surface area contributed by atoms with Crippen LogP contribution in [0.5, 0.6) is 0 Å². The second-order valence-electron chi connectivity index (χ2n) is 5.52. The molecule has 0 unspecified atom stereocenters. The van der Waals surface area contributed by atoms with Crippen molar-refractivity contribution in [2.45, 2.75) is 19.5 Å². The monoisotopic (exact) mass is 300 g/mol. The van der Waals surface area contributed by atoms with Crippen molar-refractivity contribution >= 4 is 11.5 Å². The molecule has 9 heteroatoms. The molecule has 0 atom stereocenters. The summed E-state index contributed by atoms with van der Waals surface area (Å²) in [7, 11) is 2.06. The van der Waals surface area contributed by atoms with Gasteiger partial charge in [-0.1, -0.05) is 5.16 Å². The predicted molar refractivity (Wildman–Crippen MR) is 77.3 cm³/mol. The Labute approximate surface area is 126 Å². The molecule has 9 nitrogen and oxygen atoms in total. The summed E-state index contributed by atoms with van der Waals surface area (Å²) >= 11 is 0. The molecule has 0 spiro atoms. The minimum atomic E-state index is 0.450. The Hall–Kier alpha value is -2.55. The summed E-state index contributed by atoms with van der Waals surface area (Å²) in [6.45, 7) is 4.40. The van der Waals surface area contributed by atoms with Crippen molar-refractivity contribution in [3.63, 3.8) is 0 Å². The maximum absolute atomic E-state index is 5.04. The first-order valence-electron chi connectivity index (χ1n) is 7.10. The molecule has 4 heterocycles. The first kappa shape index (κ1) is 13.1. The van der Waals surface area contributed by atoms with E-state index in [0.29, 0.717) is 18.5 Å². The van der Waals surface area contributed by atoms with Crippen LogP contribution in [0.25, 0.3) is 5.65 Å².